The third-order valence-corrected chi connectivity index (χ3v) is 2.53. The van der Waals surface area contributed by atoms with Crippen LogP contribution in [0.2, 0.25) is 5.02 Å². The number of carbonyl (C=O) groups is 1. The minimum absolute atomic E-state index is 0.0330. The van der Waals surface area contributed by atoms with Crippen LogP contribution >= 0.6 is 11.6 Å². The number of nitrogens with one attached hydrogen (secondary N) is 1. The number of amides is 1. The molecule has 1 N–H and O–H groups in total. The molecule has 1 heterocycles. The molecule has 0 saturated carbocycles. The van der Waals surface area contributed by atoms with Crippen molar-refractivity contribution in [1.82, 2.24) is 5.32 Å². The van der Waals surface area contributed by atoms with Crippen LogP contribution in [0.1, 0.15) is 5.56 Å². The lowest BCUT2D eigenvalue weighted by Gasteiger charge is -2.26. The third kappa shape index (κ3) is 2.94. The fourth-order valence-electron chi connectivity index (χ4n) is 1.39. The van der Waals surface area contributed by atoms with Crippen molar-refractivity contribution in [2.45, 2.75) is 12.5 Å². The maximum absolute atomic E-state index is 11.5. The summed E-state index contributed by atoms with van der Waals surface area (Å²) in [4.78, 5) is 11.5. The Hall–Kier alpha value is -1.06. The average molecular weight is 226 g/mol. The predicted molar refractivity (Wildman–Crippen MR) is 57.9 cm³/mol. The number of hydrogen-bond donors (Lipinski definition) is 1. The largest absolute Gasteiger partial charge is 0.377 e. The van der Waals surface area contributed by atoms with Gasteiger partial charge in [-0.15, -0.1) is 0 Å². The van der Waals surface area contributed by atoms with Crippen LogP contribution in [0.5, 0.6) is 0 Å². The van der Waals surface area contributed by atoms with E-state index in [-0.39, 0.29) is 11.9 Å². The number of hydrogen-bond acceptors (Lipinski definition) is 2. The zero-order valence-corrected chi connectivity index (χ0v) is 8.96. The normalized spacial score (nSPS) is 15.8. The molecule has 1 aromatic carbocycles. The molecule has 0 atom stereocenters. The summed E-state index contributed by atoms with van der Waals surface area (Å²) in [5, 5.41) is 3.57. The van der Waals surface area contributed by atoms with Crippen molar-refractivity contribution in [3.63, 3.8) is 0 Å². The summed E-state index contributed by atoms with van der Waals surface area (Å²) >= 11 is 5.75. The second kappa shape index (κ2) is 4.64. The molecule has 0 unspecified atom stereocenters. The summed E-state index contributed by atoms with van der Waals surface area (Å²) in [6, 6.07) is 7.50. The number of carbonyl (C=O) groups excluding carboxylic acids is 1. The number of halogens is 1. The minimum atomic E-state index is 0.0330. The molecule has 1 aromatic rings. The first-order chi connectivity index (χ1) is 7.24. The quantitative estimate of drug-likeness (QED) is 0.845. The summed E-state index contributed by atoms with van der Waals surface area (Å²) in [7, 11) is 0. The molecule has 0 spiro atoms. The van der Waals surface area contributed by atoms with Crippen LogP contribution < -0.4 is 5.32 Å². The lowest BCUT2D eigenvalue weighted by molar-refractivity contribution is -0.124. The average Bonchev–Trinajstić information content (AvgIpc) is 2.16. The standard InChI is InChI=1S/C11H12ClNO2/c12-9-3-1-8(2-4-9)5-11(14)13-10-6-15-7-10/h1-4,10H,5-7H2,(H,13,14). The van der Waals surface area contributed by atoms with E-state index in [2.05, 4.69) is 5.32 Å². The van der Waals surface area contributed by atoms with E-state index < -0.39 is 0 Å². The molecule has 80 valence electrons. The highest BCUT2D eigenvalue weighted by molar-refractivity contribution is 6.30. The van der Waals surface area contributed by atoms with Crippen molar-refractivity contribution >= 4 is 17.5 Å². The van der Waals surface area contributed by atoms with E-state index in [1.54, 1.807) is 12.1 Å². The summed E-state index contributed by atoms with van der Waals surface area (Å²) in [6.07, 6.45) is 0.396. The first-order valence-electron chi connectivity index (χ1n) is 4.85. The topological polar surface area (TPSA) is 38.3 Å². The monoisotopic (exact) mass is 225 g/mol. The molecule has 0 radical (unpaired) electrons. The van der Waals surface area contributed by atoms with Crippen molar-refractivity contribution < 1.29 is 9.53 Å². The third-order valence-electron chi connectivity index (χ3n) is 2.28. The summed E-state index contributed by atoms with van der Waals surface area (Å²) in [6.45, 7) is 1.26. The van der Waals surface area contributed by atoms with E-state index in [0.29, 0.717) is 24.7 Å². The highest BCUT2D eigenvalue weighted by atomic mass is 35.5. The minimum Gasteiger partial charge on any atom is -0.377 e. The van der Waals surface area contributed by atoms with Gasteiger partial charge in [0.2, 0.25) is 5.91 Å². The Balaban J connectivity index is 1.84. The van der Waals surface area contributed by atoms with Crippen LogP contribution in [0.3, 0.4) is 0 Å². The van der Waals surface area contributed by atoms with E-state index in [1.165, 1.54) is 0 Å². The maximum Gasteiger partial charge on any atom is 0.224 e. The lowest BCUT2D eigenvalue weighted by Crippen LogP contribution is -2.49. The SMILES string of the molecule is O=C(Cc1ccc(Cl)cc1)NC1COC1. The Bertz CT molecular complexity index is 346. The first-order valence-corrected chi connectivity index (χ1v) is 5.23. The summed E-state index contributed by atoms with van der Waals surface area (Å²) in [5.74, 6) is 0.0330. The van der Waals surface area contributed by atoms with Crippen LogP contribution in [0.15, 0.2) is 24.3 Å². The second-order valence-electron chi connectivity index (χ2n) is 3.61. The van der Waals surface area contributed by atoms with E-state index in [9.17, 15) is 4.79 Å². The molecule has 15 heavy (non-hydrogen) atoms. The fourth-order valence-corrected chi connectivity index (χ4v) is 1.51. The van der Waals surface area contributed by atoms with Gasteiger partial charge in [0.15, 0.2) is 0 Å². The first kappa shape index (κ1) is 10.5. The van der Waals surface area contributed by atoms with Crippen LogP contribution in [0, 0.1) is 0 Å². The van der Waals surface area contributed by atoms with Gasteiger partial charge in [-0.25, -0.2) is 0 Å². The Morgan fingerprint density at radius 3 is 2.60 bits per heavy atom. The Kier molecular flexibility index (Phi) is 3.23. The highest BCUT2D eigenvalue weighted by Gasteiger charge is 2.19. The molecule has 1 amide bonds. The molecule has 3 nitrogen and oxygen atoms in total. The van der Waals surface area contributed by atoms with Crippen LogP contribution in [-0.4, -0.2) is 25.2 Å². The van der Waals surface area contributed by atoms with Gasteiger partial charge in [-0.05, 0) is 17.7 Å². The molecule has 4 heteroatoms. The Morgan fingerprint density at radius 1 is 1.40 bits per heavy atom. The van der Waals surface area contributed by atoms with E-state index in [0.717, 1.165) is 5.56 Å². The molecule has 0 aromatic heterocycles. The fraction of sp³-hybridized carbons (Fsp3) is 0.364. The molecule has 0 bridgehead atoms. The molecule has 1 aliphatic heterocycles. The van der Waals surface area contributed by atoms with Crippen LogP contribution in [0.4, 0.5) is 0 Å². The molecule has 2 rings (SSSR count). The van der Waals surface area contributed by atoms with Crippen molar-refractivity contribution in [2.24, 2.45) is 0 Å². The number of ether oxygens (including phenoxy) is 1. The van der Waals surface area contributed by atoms with Gasteiger partial charge >= 0.3 is 0 Å². The highest BCUT2D eigenvalue weighted by Crippen LogP contribution is 2.10. The Morgan fingerprint density at radius 2 is 2.07 bits per heavy atom. The van der Waals surface area contributed by atoms with Gasteiger partial charge in [0.1, 0.15) is 0 Å². The Labute approximate surface area is 93.4 Å². The summed E-state index contributed by atoms with van der Waals surface area (Å²) in [5.41, 5.74) is 0.970. The molecule has 1 aliphatic rings. The van der Waals surface area contributed by atoms with Gasteiger partial charge in [-0.1, -0.05) is 23.7 Å². The van der Waals surface area contributed by atoms with E-state index in [4.69, 9.17) is 16.3 Å². The molecular formula is C11H12ClNO2. The van der Waals surface area contributed by atoms with Gasteiger partial charge < -0.3 is 10.1 Å². The zero-order chi connectivity index (χ0) is 10.7. The maximum atomic E-state index is 11.5. The summed E-state index contributed by atoms with van der Waals surface area (Å²) < 4.78 is 4.97. The van der Waals surface area contributed by atoms with E-state index in [1.807, 2.05) is 12.1 Å². The molecule has 0 aliphatic carbocycles. The molecule has 1 fully saturated rings. The smallest absolute Gasteiger partial charge is 0.224 e. The predicted octanol–water partition coefficient (Wildman–Crippen LogP) is 1.40. The number of rotatable bonds is 3. The van der Waals surface area contributed by atoms with E-state index >= 15 is 0 Å². The molecule has 1 saturated heterocycles. The van der Waals surface area contributed by atoms with Crippen molar-refractivity contribution in [3.8, 4) is 0 Å². The van der Waals surface area contributed by atoms with Gasteiger partial charge in [0.05, 0.1) is 25.7 Å². The van der Waals surface area contributed by atoms with Gasteiger partial charge in [-0.2, -0.15) is 0 Å². The van der Waals surface area contributed by atoms with Gasteiger partial charge in [-0.3, -0.25) is 4.79 Å². The van der Waals surface area contributed by atoms with Crippen molar-refractivity contribution in [3.05, 3.63) is 34.9 Å². The van der Waals surface area contributed by atoms with Crippen LogP contribution in [-0.2, 0) is 16.0 Å². The lowest BCUT2D eigenvalue weighted by atomic mass is 10.1. The van der Waals surface area contributed by atoms with Crippen LogP contribution in [0.25, 0.3) is 0 Å². The molecular weight excluding hydrogens is 214 g/mol. The van der Waals surface area contributed by atoms with Gasteiger partial charge in [0, 0.05) is 5.02 Å². The van der Waals surface area contributed by atoms with Gasteiger partial charge in [0.25, 0.3) is 0 Å². The number of benzene rings is 1. The second-order valence-corrected chi connectivity index (χ2v) is 4.04. The van der Waals surface area contributed by atoms with Crippen molar-refractivity contribution in [2.75, 3.05) is 13.2 Å². The zero-order valence-electron chi connectivity index (χ0n) is 8.20. The van der Waals surface area contributed by atoms with Crippen molar-refractivity contribution in [1.29, 1.82) is 0 Å².